The number of carbonyl (C=O) groups excluding carboxylic acids is 1. The lowest BCUT2D eigenvalue weighted by Crippen LogP contribution is -1.97. The predicted molar refractivity (Wildman–Crippen MR) is 50.9 cm³/mol. The summed E-state index contributed by atoms with van der Waals surface area (Å²) >= 11 is 7.98. The maximum atomic E-state index is 13.0. The van der Waals surface area contributed by atoms with E-state index in [1.54, 1.807) is 0 Å². The zero-order valence-corrected chi connectivity index (χ0v) is 8.80. The molecule has 1 rings (SSSR count). The second kappa shape index (κ2) is 4.02. The van der Waals surface area contributed by atoms with Gasteiger partial charge in [-0.25, -0.2) is 0 Å². The molecule has 0 fully saturated rings. The molecule has 7 heteroatoms. The molecular formula is C7H2BrClFNO3. The van der Waals surface area contributed by atoms with Gasteiger partial charge in [-0.05, 0) is 33.6 Å². The largest absolute Gasteiger partial charge is 0.305 e. The maximum absolute atomic E-state index is 13.0. The van der Waals surface area contributed by atoms with Crippen molar-refractivity contribution in [2.75, 3.05) is 0 Å². The lowest BCUT2D eigenvalue weighted by molar-refractivity contribution is -0.387. The summed E-state index contributed by atoms with van der Waals surface area (Å²) in [6, 6.07) is 1.61. The van der Waals surface area contributed by atoms with E-state index in [4.69, 9.17) is 11.6 Å². The van der Waals surface area contributed by atoms with E-state index >= 15 is 0 Å². The Morgan fingerprint density at radius 3 is 2.57 bits per heavy atom. The van der Waals surface area contributed by atoms with Gasteiger partial charge in [0.1, 0.15) is 0 Å². The highest BCUT2D eigenvalue weighted by atomic mass is 79.9. The zero-order valence-electron chi connectivity index (χ0n) is 6.46. The average Bonchev–Trinajstić information content (AvgIpc) is 2.07. The van der Waals surface area contributed by atoms with Crippen molar-refractivity contribution in [1.82, 2.24) is 0 Å². The smallest absolute Gasteiger partial charge is 0.276 e. The number of halogens is 3. The van der Waals surface area contributed by atoms with Gasteiger partial charge in [0.05, 0.1) is 10.5 Å². The van der Waals surface area contributed by atoms with E-state index in [1.165, 1.54) is 0 Å². The SMILES string of the molecule is O=C(Cl)c1cc(F)c([N+](=O)[O-])cc1Br. The molecule has 1 aromatic carbocycles. The Kier molecular flexibility index (Phi) is 3.17. The molecule has 0 radical (unpaired) electrons. The Morgan fingerprint density at radius 2 is 2.14 bits per heavy atom. The number of hydrogen-bond acceptors (Lipinski definition) is 3. The number of nitro benzene ring substituents is 1. The molecule has 0 saturated heterocycles. The summed E-state index contributed by atoms with van der Waals surface area (Å²) in [5.74, 6) is -1.10. The van der Waals surface area contributed by atoms with Crippen molar-refractivity contribution in [3.05, 3.63) is 38.1 Å². The summed E-state index contributed by atoms with van der Waals surface area (Å²) in [4.78, 5) is 20.1. The number of nitro groups is 1. The molecule has 0 N–H and O–H groups in total. The van der Waals surface area contributed by atoms with Crippen LogP contribution in [0.25, 0.3) is 0 Å². The van der Waals surface area contributed by atoms with Gasteiger partial charge in [0, 0.05) is 10.5 Å². The normalized spacial score (nSPS) is 9.93. The molecule has 1 aromatic rings. The van der Waals surface area contributed by atoms with E-state index in [0.29, 0.717) is 0 Å². The molecule has 4 nitrogen and oxygen atoms in total. The molecular weight excluding hydrogens is 280 g/mol. The van der Waals surface area contributed by atoms with Crippen LogP contribution in [0.3, 0.4) is 0 Å². The van der Waals surface area contributed by atoms with Crippen LogP contribution >= 0.6 is 27.5 Å². The first kappa shape index (κ1) is 11.1. The molecule has 0 heterocycles. The van der Waals surface area contributed by atoms with Crippen molar-refractivity contribution in [3.8, 4) is 0 Å². The second-order valence-electron chi connectivity index (χ2n) is 2.31. The van der Waals surface area contributed by atoms with Gasteiger partial charge in [-0.3, -0.25) is 14.9 Å². The van der Waals surface area contributed by atoms with E-state index in [0.717, 1.165) is 12.1 Å². The molecule has 0 saturated carbocycles. The van der Waals surface area contributed by atoms with Crippen molar-refractivity contribution in [2.24, 2.45) is 0 Å². The highest BCUT2D eigenvalue weighted by Crippen LogP contribution is 2.27. The van der Waals surface area contributed by atoms with Crippen LogP contribution in [0.4, 0.5) is 10.1 Å². The Labute approximate surface area is 90.9 Å². The molecule has 0 aromatic heterocycles. The molecule has 0 aliphatic heterocycles. The van der Waals surface area contributed by atoms with Gasteiger partial charge in [-0.2, -0.15) is 4.39 Å². The highest BCUT2D eigenvalue weighted by molar-refractivity contribution is 9.10. The van der Waals surface area contributed by atoms with Gasteiger partial charge >= 0.3 is 5.69 Å². The fraction of sp³-hybridized carbons (Fsp3) is 0. The fourth-order valence-corrected chi connectivity index (χ4v) is 1.61. The molecule has 0 bridgehead atoms. The van der Waals surface area contributed by atoms with Gasteiger partial charge in [0.15, 0.2) is 0 Å². The summed E-state index contributed by atoms with van der Waals surface area (Å²) in [7, 11) is 0. The standard InChI is InChI=1S/C7H2BrClFNO3/c8-4-2-6(11(13)14)5(10)1-3(4)7(9)12/h1-2H. The Morgan fingerprint density at radius 1 is 1.57 bits per heavy atom. The van der Waals surface area contributed by atoms with Crippen LogP contribution in [0.15, 0.2) is 16.6 Å². The second-order valence-corrected chi connectivity index (χ2v) is 3.51. The molecule has 0 aliphatic rings. The zero-order chi connectivity index (χ0) is 10.9. The van der Waals surface area contributed by atoms with E-state index in [2.05, 4.69) is 15.9 Å². The molecule has 0 aliphatic carbocycles. The Hall–Kier alpha value is -1.01. The van der Waals surface area contributed by atoms with Gasteiger partial charge in [-0.1, -0.05) is 0 Å². The maximum Gasteiger partial charge on any atom is 0.305 e. The third kappa shape index (κ3) is 2.08. The summed E-state index contributed by atoms with van der Waals surface area (Å²) in [6.07, 6.45) is 0. The number of hydrogen-bond donors (Lipinski definition) is 0. The number of rotatable bonds is 2. The average molecular weight is 282 g/mol. The lowest BCUT2D eigenvalue weighted by Gasteiger charge is -1.99. The molecule has 14 heavy (non-hydrogen) atoms. The number of nitrogens with zero attached hydrogens (tertiary/aromatic N) is 1. The quantitative estimate of drug-likeness (QED) is 0.476. The first-order valence-electron chi connectivity index (χ1n) is 3.26. The van der Waals surface area contributed by atoms with Crippen molar-refractivity contribution in [3.63, 3.8) is 0 Å². The number of benzene rings is 1. The third-order valence-corrected chi connectivity index (χ3v) is 2.30. The minimum Gasteiger partial charge on any atom is -0.276 e. The monoisotopic (exact) mass is 281 g/mol. The third-order valence-electron chi connectivity index (χ3n) is 1.44. The van der Waals surface area contributed by atoms with E-state index in [9.17, 15) is 19.3 Å². The molecule has 0 spiro atoms. The Balaban J connectivity index is 3.38. The fourth-order valence-electron chi connectivity index (χ4n) is 0.827. The van der Waals surface area contributed by atoms with Crippen molar-refractivity contribution in [2.45, 2.75) is 0 Å². The molecule has 74 valence electrons. The summed E-state index contributed by atoms with van der Waals surface area (Å²) in [5.41, 5.74) is -0.853. The molecule has 0 atom stereocenters. The Bertz CT molecular complexity index is 384. The van der Waals surface area contributed by atoms with Crippen LogP contribution in [0.2, 0.25) is 0 Å². The van der Waals surface area contributed by atoms with Crippen molar-refractivity contribution >= 4 is 38.5 Å². The number of carbonyl (C=O) groups is 1. The van der Waals surface area contributed by atoms with Crippen LogP contribution in [0, 0.1) is 15.9 Å². The van der Waals surface area contributed by atoms with E-state index < -0.39 is 21.7 Å². The lowest BCUT2D eigenvalue weighted by atomic mass is 10.2. The minimum atomic E-state index is -1.10. The van der Waals surface area contributed by atoms with Crippen LogP contribution in [0.5, 0.6) is 0 Å². The van der Waals surface area contributed by atoms with Crippen LogP contribution in [0.1, 0.15) is 10.4 Å². The van der Waals surface area contributed by atoms with Crippen molar-refractivity contribution in [1.29, 1.82) is 0 Å². The van der Waals surface area contributed by atoms with Crippen LogP contribution in [-0.4, -0.2) is 10.2 Å². The van der Waals surface area contributed by atoms with Gasteiger partial charge < -0.3 is 0 Å². The molecule has 0 amide bonds. The van der Waals surface area contributed by atoms with Crippen molar-refractivity contribution < 1.29 is 14.1 Å². The first-order valence-corrected chi connectivity index (χ1v) is 4.44. The summed E-state index contributed by atoms with van der Waals surface area (Å²) in [5, 5.41) is 9.40. The van der Waals surface area contributed by atoms with E-state index in [1.807, 2.05) is 0 Å². The molecule has 0 unspecified atom stereocenters. The first-order chi connectivity index (χ1) is 6.43. The minimum absolute atomic E-state index is 0.0885. The van der Waals surface area contributed by atoms with Gasteiger partial charge in [-0.15, -0.1) is 0 Å². The summed E-state index contributed by atoms with van der Waals surface area (Å²) in [6.45, 7) is 0. The van der Waals surface area contributed by atoms with Crippen LogP contribution in [-0.2, 0) is 0 Å². The summed E-state index contributed by atoms with van der Waals surface area (Å²) < 4.78 is 13.1. The van der Waals surface area contributed by atoms with Gasteiger partial charge in [0.2, 0.25) is 5.82 Å². The highest BCUT2D eigenvalue weighted by Gasteiger charge is 2.19. The van der Waals surface area contributed by atoms with Gasteiger partial charge in [0.25, 0.3) is 5.24 Å². The topological polar surface area (TPSA) is 60.2 Å². The van der Waals surface area contributed by atoms with E-state index in [-0.39, 0.29) is 10.0 Å². The predicted octanol–water partition coefficient (Wildman–Crippen LogP) is 2.88. The van der Waals surface area contributed by atoms with Crippen LogP contribution < -0.4 is 0 Å².